The van der Waals surface area contributed by atoms with Crippen LogP contribution in [0.5, 0.6) is 0 Å². The van der Waals surface area contributed by atoms with E-state index in [2.05, 4.69) is 166 Å². The van der Waals surface area contributed by atoms with Crippen molar-refractivity contribution in [2.75, 3.05) is 0 Å². The topological polar surface area (TPSA) is 0 Å². The van der Waals surface area contributed by atoms with Gasteiger partial charge in [0.1, 0.15) is 0 Å². The normalized spacial score (nSPS) is 38.8. The zero-order valence-corrected chi connectivity index (χ0v) is 83.6. The average Bonchev–Trinajstić information content (AvgIpc) is 1.65. The molecule has 16 aliphatic rings. The third-order valence-electron chi connectivity index (χ3n) is 38.7. The van der Waals surface area contributed by atoms with Gasteiger partial charge < -0.3 is 0 Å². The minimum atomic E-state index is 0.546. The Morgan fingerprint density at radius 1 is 0.113 bits per heavy atom. The van der Waals surface area contributed by atoms with Crippen LogP contribution in [0.4, 0.5) is 0 Å². The Labute approximate surface area is 725 Å². The standard InChI is InChI=1S/3C15H28.5C14H26/c1-15(2,3)14-11-7-5-9-12-8-4-6-10-13(12)14;1-15(2,3)14-10-6-9-12-7-4-5-8-13(12)11-14;1-15(2,3)14-10-8-12-6-4-5-7-13(12)9-11-14;1-14(2,3)13-9-5-7-11-6-4-8-12(11)10-13;1-14(2,3)13-10-5-4-7-11-8-6-9-12(11)13;1-14(2,3)13-9-7-11-5-4-6-12(11)8-10-13;1-14(2,3)13-9-11-7-5-4-6-8-12(11)10-13;1-14(2,3)13-10-9-11-7-5-4-6-8-12(11)13/h3*12-14H,4-11H2,1-3H3;5*11-13H,4-10H2,1-3H3. The van der Waals surface area contributed by atoms with Crippen molar-refractivity contribution in [1.82, 2.24) is 0 Å². The summed E-state index contributed by atoms with van der Waals surface area (Å²) in [7, 11) is 0. The summed E-state index contributed by atoms with van der Waals surface area (Å²) in [5.41, 5.74) is 4.42. The third-order valence-corrected chi connectivity index (χ3v) is 38.7. The lowest BCUT2D eigenvalue weighted by Gasteiger charge is -2.42. The summed E-state index contributed by atoms with van der Waals surface area (Å²) in [4.78, 5) is 0. The van der Waals surface area contributed by atoms with Crippen LogP contribution in [0, 0.1) is 185 Å². The maximum Gasteiger partial charge on any atom is -0.0334 e. The van der Waals surface area contributed by atoms with Gasteiger partial charge in [-0.05, 0) is 320 Å². The molecule has 0 saturated heterocycles. The molecule has 16 saturated carbocycles. The number of hydrogen-bond donors (Lipinski definition) is 0. The van der Waals surface area contributed by atoms with Gasteiger partial charge in [-0.25, -0.2) is 0 Å². The smallest absolute Gasteiger partial charge is 0.0334 e. The highest BCUT2D eigenvalue weighted by Crippen LogP contribution is 2.57. The van der Waals surface area contributed by atoms with Crippen LogP contribution >= 0.6 is 0 Å². The Bertz CT molecular complexity index is 2540. The molecule has 0 spiro atoms. The van der Waals surface area contributed by atoms with E-state index in [9.17, 15) is 0 Å². The Morgan fingerprint density at radius 3 is 0.617 bits per heavy atom. The van der Waals surface area contributed by atoms with Gasteiger partial charge in [0.05, 0.1) is 0 Å². The van der Waals surface area contributed by atoms with Crippen LogP contribution in [-0.2, 0) is 0 Å². The fourth-order valence-electron chi connectivity index (χ4n) is 31.0. The average molecular weight is 1600 g/mol. The maximum atomic E-state index is 2.47. The monoisotopic (exact) mass is 1600 g/mol. The minimum absolute atomic E-state index is 0.546. The van der Waals surface area contributed by atoms with Crippen LogP contribution in [0.1, 0.15) is 545 Å². The first kappa shape index (κ1) is 98.8. The van der Waals surface area contributed by atoms with E-state index < -0.39 is 0 Å². The van der Waals surface area contributed by atoms with E-state index in [-0.39, 0.29) is 0 Å². The molecule has 0 aromatic rings. The zero-order valence-electron chi connectivity index (χ0n) is 83.6. The van der Waals surface area contributed by atoms with E-state index in [1.165, 1.54) is 340 Å². The molecule has 0 heteroatoms. The first-order chi connectivity index (χ1) is 54.1. The van der Waals surface area contributed by atoms with Crippen molar-refractivity contribution in [2.24, 2.45) is 185 Å². The molecular weight excluding hydrogens is 1380 g/mol. The molecule has 16 rings (SSSR count). The van der Waals surface area contributed by atoms with Crippen LogP contribution in [0.15, 0.2) is 0 Å². The molecular formula is C115H214. The SMILES string of the molecule is CC(C)(C)C1CC2CCCCCC2C1.CC(C)(C)C1CCC2CCCC2CC1.CC(C)(C)C1CCC2CCCCC2CC1.CC(C)(C)C1CCC2CCCCCC21.CC(C)(C)C1CCCC2CCCC2C1.CC(C)(C)C1CCCC2CCCCC2C1.CC(C)(C)C1CCCCC2CCCC21.CC(C)(C)C1CCCCC2CCCCC21. The predicted molar refractivity (Wildman–Crippen MR) is 512 cm³/mol. The van der Waals surface area contributed by atoms with Gasteiger partial charge in [-0.2, -0.15) is 0 Å². The van der Waals surface area contributed by atoms with Crippen LogP contribution in [0.2, 0.25) is 0 Å². The molecule has 16 fully saturated rings. The summed E-state index contributed by atoms with van der Waals surface area (Å²) >= 11 is 0. The van der Waals surface area contributed by atoms with Gasteiger partial charge >= 0.3 is 0 Å². The molecule has 115 heavy (non-hydrogen) atoms. The Balaban J connectivity index is 0.000000150. The molecule has 16 aliphatic carbocycles. The lowest BCUT2D eigenvalue weighted by molar-refractivity contribution is 0.0794. The fourth-order valence-corrected chi connectivity index (χ4v) is 31.0. The second-order valence-electron chi connectivity index (χ2n) is 54.3. The van der Waals surface area contributed by atoms with Gasteiger partial charge in [0, 0.05) is 0 Å². The first-order valence-corrected chi connectivity index (χ1v) is 54.1. The van der Waals surface area contributed by atoms with E-state index in [1.807, 2.05) is 0 Å². The summed E-state index contributed by atoms with van der Waals surface area (Å²) < 4.78 is 0. The summed E-state index contributed by atoms with van der Waals surface area (Å²) in [6, 6.07) is 0. The molecule has 0 radical (unpaired) electrons. The largest absolute Gasteiger partial charge is 0.0599 e. The van der Waals surface area contributed by atoms with Crippen LogP contribution in [0.3, 0.4) is 0 Å². The van der Waals surface area contributed by atoms with Crippen LogP contribution in [0.25, 0.3) is 0 Å². The predicted octanol–water partition coefficient (Wildman–Crippen LogP) is 38.3. The second kappa shape index (κ2) is 45.4. The van der Waals surface area contributed by atoms with Crippen molar-refractivity contribution >= 4 is 0 Å². The van der Waals surface area contributed by atoms with Crippen molar-refractivity contribution in [3.8, 4) is 0 Å². The lowest BCUT2D eigenvalue weighted by atomic mass is 9.63. The number of rotatable bonds is 0. The molecule has 0 bridgehead atoms. The molecule has 21 unspecified atom stereocenters. The fraction of sp³-hybridized carbons (Fsp3) is 1.00. The zero-order chi connectivity index (χ0) is 83.6. The molecule has 0 heterocycles. The first-order valence-electron chi connectivity index (χ1n) is 54.1. The van der Waals surface area contributed by atoms with Crippen molar-refractivity contribution in [1.29, 1.82) is 0 Å². The van der Waals surface area contributed by atoms with E-state index in [4.69, 9.17) is 0 Å². The molecule has 0 aromatic heterocycles. The number of hydrogen-bond acceptors (Lipinski definition) is 0. The molecule has 0 aromatic carbocycles. The van der Waals surface area contributed by atoms with Gasteiger partial charge in [0.15, 0.2) is 0 Å². The van der Waals surface area contributed by atoms with Crippen molar-refractivity contribution in [3.05, 3.63) is 0 Å². The van der Waals surface area contributed by atoms with Crippen LogP contribution in [-0.4, -0.2) is 0 Å². The molecule has 21 atom stereocenters. The summed E-state index contributed by atoms with van der Waals surface area (Å²) in [5.74, 6) is 25.6. The molecule has 0 aliphatic heterocycles. The van der Waals surface area contributed by atoms with Gasteiger partial charge in [-0.15, -0.1) is 0 Å². The van der Waals surface area contributed by atoms with E-state index in [0.29, 0.717) is 43.3 Å². The van der Waals surface area contributed by atoms with Crippen molar-refractivity contribution in [3.63, 3.8) is 0 Å². The highest BCUT2D eigenvalue weighted by atomic mass is 14.5. The Kier molecular flexibility index (Phi) is 39.0. The lowest BCUT2D eigenvalue weighted by Crippen LogP contribution is -2.33. The minimum Gasteiger partial charge on any atom is -0.0599 e. The van der Waals surface area contributed by atoms with Gasteiger partial charge in [0.25, 0.3) is 0 Å². The van der Waals surface area contributed by atoms with Crippen molar-refractivity contribution in [2.45, 2.75) is 545 Å². The maximum absolute atomic E-state index is 2.47. The van der Waals surface area contributed by atoms with Gasteiger partial charge in [-0.3, -0.25) is 0 Å². The quantitative estimate of drug-likeness (QED) is 0.227. The highest BCUT2D eigenvalue weighted by molar-refractivity contribution is 4.97. The summed E-state index contributed by atoms with van der Waals surface area (Å²) in [6.45, 7) is 58.7. The van der Waals surface area contributed by atoms with Crippen LogP contribution < -0.4 is 0 Å². The van der Waals surface area contributed by atoms with E-state index in [0.717, 1.165) is 142 Å². The van der Waals surface area contributed by atoms with Gasteiger partial charge in [0.2, 0.25) is 0 Å². The van der Waals surface area contributed by atoms with Crippen molar-refractivity contribution < 1.29 is 0 Å². The van der Waals surface area contributed by atoms with E-state index in [1.54, 1.807) is 38.5 Å². The number of fused-ring (bicyclic) bond motifs is 8. The second-order valence-corrected chi connectivity index (χ2v) is 54.3. The molecule has 674 valence electrons. The summed E-state index contributed by atoms with van der Waals surface area (Å²) in [6.07, 6.45) is 89.8. The molecule has 0 amide bonds. The highest BCUT2D eigenvalue weighted by Gasteiger charge is 2.46. The summed E-state index contributed by atoms with van der Waals surface area (Å²) in [5, 5.41) is 0. The van der Waals surface area contributed by atoms with Gasteiger partial charge in [-0.1, -0.05) is 410 Å². The van der Waals surface area contributed by atoms with E-state index >= 15 is 0 Å². The third kappa shape index (κ3) is 31.2. The molecule has 0 N–H and O–H groups in total. The molecule has 0 nitrogen and oxygen atoms in total. The Hall–Kier alpha value is 0. The Morgan fingerprint density at radius 2 is 0.296 bits per heavy atom.